The molecule has 1 saturated heterocycles. The van der Waals surface area contributed by atoms with Crippen LogP contribution in [0.4, 0.5) is 5.69 Å². The molecule has 2 unspecified atom stereocenters. The fourth-order valence-electron chi connectivity index (χ4n) is 4.76. The monoisotopic (exact) mass is 450 g/mol. The Bertz CT molecular complexity index is 1200. The van der Waals surface area contributed by atoms with Gasteiger partial charge in [0.05, 0.1) is 27.9 Å². The number of halogens is 1. The number of imidazole rings is 1. The molecule has 0 radical (unpaired) electrons. The summed E-state index contributed by atoms with van der Waals surface area (Å²) in [6, 6.07) is 12.9. The van der Waals surface area contributed by atoms with E-state index in [9.17, 15) is 14.4 Å². The molecule has 2 N–H and O–H groups in total. The van der Waals surface area contributed by atoms with Crippen molar-refractivity contribution in [3.8, 4) is 11.4 Å². The normalized spacial score (nSPS) is 20.6. The first-order valence-electron chi connectivity index (χ1n) is 10.9. The molecule has 7 nitrogen and oxygen atoms in total. The van der Waals surface area contributed by atoms with Crippen LogP contribution in [0.5, 0.6) is 0 Å². The molecule has 1 aliphatic carbocycles. The number of aromatic amines is 1. The van der Waals surface area contributed by atoms with Crippen LogP contribution < -0.4 is 5.32 Å². The largest absolute Gasteiger partial charge is 0.338 e. The molecule has 8 heteroatoms. The number of nitrogens with zero attached hydrogens (tertiary/aromatic N) is 2. The van der Waals surface area contributed by atoms with Crippen molar-refractivity contribution in [1.82, 2.24) is 14.9 Å². The molecule has 2 aliphatic rings. The first kappa shape index (κ1) is 20.7. The van der Waals surface area contributed by atoms with E-state index in [0.717, 1.165) is 42.3 Å². The number of hydrogen-bond donors (Lipinski definition) is 2. The fraction of sp³-hybridized carbons (Fsp3) is 0.333. The fourth-order valence-corrected chi connectivity index (χ4v) is 4.98. The van der Waals surface area contributed by atoms with E-state index in [2.05, 4.69) is 15.3 Å². The Labute approximate surface area is 190 Å². The van der Waals surface area contributed by atoms with E-state index < -0.39 is 0 Å². The van der Waals surface area contributed by atoms with E-state index in [1.54, 1.807) is 18.2 Å². The summed E-state index contributed by atoms with van der Waals surface area (Å²) < 4.78 is 0. The van der Waals surface area contributed by atoms with Crippen LogP contribution in [0.25, 0.3) is 22.4 Å². The predicted octanol–water partition coefficient (Wildman–Crippen LogP) is 4.39. The Balaban J connectivity index is 1.24. The lowest BCUT2D eigenvalue weighted by molar-refractivity contribution is -0.140. The number of fused-ring (bicyclic) bond motifs is 2. The molecular weight excluding hydrogens is 428 g/mol. The zero-order valence-electron chi connectivity index (χ0n) is 17.4. The smallest absolute Gasteiger partial charge is 0.233 e. The number of amides is 3. The topological polar surface area (TPSA) is 95.2 Å². The van der Waals surface area contributed by atoms with Crippen LogP contribution in [0.15, 0.2) is 42.5 Å². The van der Waals surface area contributed by atoms with Gasteiger partial charge in [-0.3, -0.25) is 19.3 Å². The summed E-state index contributed by atoms with van der Waals surface area (Å²) in [5.74, 6) is -0.187. The first-order valence-corrected chi connectivity index (χ1v) is 11.3. The molecular formula is C24H23ClN4O3. The van der Waals surface area contributed by atoms with Crippen LogP contribution in [0.2, 0.25) is 5.02 Å². The van der Waals surface area contributed by atoms with E-state index in [-0.39, 0.29) is 42.5 Å². The standard InChI is InChI=1S/C24H23ClN4O3/c25-18-8-4-3-7-17(18)22-27-19-10-9-14(13-20(19)28-22)26-21(30)11-12-29-23(31)15-5-1-2-6-16(15)24(29)32/h3-4,7-10,13,15-16H,1-2,5-6,11-12H2,(H,26,30)(H,27,28). The van der Waals surface area contributed by atoms with Crippen LogP contribution in [0.1, 0.15) is 32.1 Å². The number of benzene rings is 2. The van der Waals surface area contributed by atoms with Crippen LogP contribution in [-0.4, -0.2) is 39.1 Å². The Morgan fingerprint density at radius 1 is 1.09 bits per heavy atom. The van der Waals surface area contributed by atoms with Crippen molar-refractivity contribution in [3.63, 3.8) is 0 Å². The van der Waals surface area contributed by atoms with E-state index in [0.29, 0.717) is 16.5 Å². The molecule has 3 aromatic rings. The zero-order valence-corrected chi connectivity index (χ0v) is 18.2. The minimum absolute atomic E-state index is 0.0722. The average Bonchev–Trinajstić information content (AvgIpc) is 3.32. The van der Waals surface area contributed by atoms with E-state index in [1.807, 2.05) is 24.3 Å². The van der Waals surface area contributed by atoms with Gasteiger partial charge in [0, 0.05) is 24.2 Å². The summed E-state index contributed by atoms with van der Waals surface area (Å²) in [5.41, 5.74) is 2.95. The van der Waals surface area contributed by atoms with E-state index in [4.69, 9.17) is 11.6 Å². The summed E-state index contributed by atoms with van der Waals surface area (Å²) in [7, 11) is 0. The molecule has 2 aromatic carbocycles. The van der Waals surface area contributed by atoms with Gasteiger partial charge >= 0.3 is 0 Å². The van der Waals surface area contributed by atoms with Gasteiger partial charge in [0.2, 0.25) is 17.7 Å². The second kappa shape index (κ2) is 8.39. The van der Waals surface area contributed by atoms with Crippen LogP contribution >= 0.6 is 11.6 Å². The van der Waals surface area contributed by atoms with Gasteiger partial charge in [0.25, 0.3) is 0 Å². The lowest BCUT2D eigenvalue weighted by atomic mass is 9.81. The number of H-pyrrole nitrogens is 1. The molecule has 2 heterocycles. The van der Waals surface area contributed by atoms with Crippen LogP contribution in [0.3, 0.4) is 0 Å². The van der Waals surface area contributed by atoms with Gasteiger partial charge in [-0.15, -0.1) is 0 Å². The predicted molar refractivity (Wildman–Crippen MR) is 122 cm³/mol. The van der Waals surface area contributed by atoms with Crippen molar-refractivity contribution >= 4 is 46.0 Å². The maximum absolute atomic E-state index is 12.6. The molecule has 164 valence electrons. The second-order valence-electron chi connectivity index (χ2n) is 8.42. The van der Waals surface area contributed by atoms with Gasteiger partial charge in [-0.05, 0) is 43.2 Å². The number of hydrogen-bond acceptors (Lipinski definition) is 4. The highest BCUT2D eigenvalue weighted by atomic mass is 35.5. The number of imide groups is 1. The first-order chi connectivity index (χ1) is 15.5. The summed E-state index contributed by atoms with van der Waals surface area (Å²) >= 11 is 6.27. The minimum Gasteiger partial charge on any atom is -0.338 e. The van der Waals surface area contributed by atoms with Crippen molar-refractivity contribution in [1.29, 1.82) is 0 Å². The maximum Gasteiger partial charge on any atom is 0.233 e. The molecule has 1 aromatic heterocycles. The summed E-state index contributed by atoms with van der Waals surface area (Å²) in [4.78, 5) is 46.7. The van der Waals surface area contributed by atoms with Gasteiger partial charge in [0.15, 0.2) is 0 Å². The average molecular weight is 451 g/mol. The van der Waals surface area contributed by atoms with Gasteiger partial charge in [-0.1, -0.05) is 36.6 Å². The summed E-state index contributed by atoms with van der Waals surface area (Å²) in [6.45, 7) is 0.124. The van der Waals surface area contributed by atoms with Gasteiger partial charge in [-0.2, -0.15) is 0 Å². The minimum atomic E-state index is -0.245. The number of likely N-dealkylation sites (tertiary alicyclic amines) is 1. The van der Waals surface area contributed by atoms with Crippen molar-refractivity contribution in [3.05, 3.63) is 47.5 Å². The SMILES string of the molecule is O=C(CCN1C(=O)C2CCCCC2C1=O)Nc1ccc2nc(-c3ccccc3Cl)[nH]c2c1. The maximum atomic E-state index is 12.6. The molecule has 3 amide bonds. The number of rotatable bonds is 5. The third-order valence-corrected chi connectivity index (χ3v) is 6.72. The van der Waals surface area contributed by atoms with E-state index in [1.165, 1.54) is 4.90 Å². The van der Waals surface area contributed by atoms with Crippen molar-refractivity contribution in [2.45, 2.75) is 32.1 Å². The van der Waals surface area contributed by atoms with Crippen molar-refractivity contribution in [2.75, 3.05) is 11.9 Å². The van der Waals surface area contributed by atoms with Gasteiger partial charge < -0.3 is 10.3 Å². The zero-order chi connectivity index (χ0) is 22.2. The second-order valence-corrected chi connectivity index (χ2v) is 8.83. The molecule has 1 saturated carbocycles. The lowest BCUT2D eigenvalue weighted by Gasteiger charge is -2.19. The number of carbonyl (C=O) groups excluding carboxylic acids is 3. The molecule has 2 fully saturated rings. The summed E-state index contributed by atoms with van der Waals surface area (Å²) in [5, 5.41) is 3.45. The Morgan fingerprint density at radius 3 is 2.53 bits per heavy atom. The highest BCUT2D eigenvalue weighted by Gasteiger charge is 2.47. The molecule has 1 aliphatic heterocycles. The molecule has 2 atom stereocenters. The molecule has 32 heavy (non-hydrogen) atoms. The Kier molecular flexibility index (Phi) is 5.43. The Hall–Kier alpha value is -3.19. The van der Waals surface area contributed by atoms with Gasteiger partial charge in [-0.25, -0.2) is 4.98 Å². The van der Waals surface area contributed by atoms with Gasteiger partial charge in [0.1, 0.15) is 5.82 Å². The summed E-state index contributed by atoms with van der Waals surface area (Å²) in [6.07, 6.45) is 3.60. The van der Waals surface area contributed by atoms with Crippen LogP contribution in [-0.2, 0) is 14.4 Å². The number of aromatic nitrogens is 2. The number of carbonyl (C=O) groups is 3. The third-order valence-electron chi connectivity index (χ3n) is 6.39. The van der Waals surface area contributed by atoms with Crippen molar-refractivity contribution in [2.24, 2.45) is 11.8 Å². The van der Waals surface area contributed by atoms with Crippen molar-refractivity contribution < 1.29 is 14.4 Å². The molecule has 0 spiro atoms. The quantitative estimate of drug-likeness (QED) is 0.563. The van der Waals surface area contributed by atoms with Crippen LogP contribution in [0, 0.1) is 11.8 Å². The number of nitrogens with one attached hydrogen (secondary N) is 2. The molecule has 0 bridgehead atoms. The lowest BCUT2D eigenvalue weighted by Crippen LogP contribution is -2.34. The molecule has 5 rings (SSSR count). The third kappa shape index (κ3) is 3.77. The highest BCUT2D eigenvalue weighted by Crippen LogP contribution is 2.38. The highest BCUT2D eigenvalue weighted by molar-refractivity contribution is 6.33. The van der Waals surface area contributed by atoms with E-state index >= 15 is 0 Å². The Morgan fingerprint density at radius 2 is 1.81 bits per heavy atom. The number of anilines is 1.